The van der Waals surface area contributed by atoms with E-state index in [-0.39, 0.29) is 10.7 Å². The Hall–Kier alpha value is -2.50. The smallest absolute Gasteiger partial charge is 0.417 e. The van der Waals surface area contributed by atoms with Gasteiger partial charge in [0.15, 0.2) is 10.8 Å². The van der Waals surface area contributed by atoms with Crippen molar-refractivity contribution in [2.45, 2.75) is 17.1 Å². The molecule has 0 atom stereocenters. The van der Waals surface area contributed by atoms with E-state index in [1.54, 1.807) is 20.3 Å². The molecule has 4 rings (SSSR count). The number of ether oxygens (including phenoxy) is 2. The molecule has 0 amide bonds. The Kier molecular flexibility index (Phi) is 6.00. The Labute approximate surface area is 188 Å². The number of hydrogen-bond donors (Lipinski definition) is 0. The van der Waals surface area contributed by atoms with Crippen molar-refractivity contribution in [2.75, 3.05) is 14.2 Å². The third-order valence-corrected chi connectivity index (χ3v) is 6.48. The minimum Gasteiger partial charge on any atom is -0.497 e. The van der Waals surface area contributed by atoms with Gasteiger partial charge in [-0.1, -0.05) is 23.4 Å². The van der Waals surface area contributed by atoms with Gasteiger partial charge in [-0.05, 0) is 18.2 Å². The molecule has 0 spiro atoms. The van der Waals surface area contributed by atoms with Crippen molar-refractivity contribution in [3.63, 3.8) is 0 Å². The maximum atomic E-state index is 13.1. The Balaban J connectivity index is 1.57. The monoisotopic (exact) mass is 486 g/mol. The minimum absolute atomic E-state index is 0.114. The Morgan fingerprint density at radius 1 is 1.16 bits per heavy atom. The predicted molar refractivity (Wildman–Crippen MR) is 113 cm³/mol. The van der Waals surface area contributed by atoms with Gasteiger partial charge in [0.25, 0.3) is 0 Å². The SMILES string of the molecule is COc1ccc(-c2nc(CSc3nnc4c(Cl)cc(C(F)(F)F)cn34)cs2)c(OC)c1. The molecule has 0 aliphatic carbocycles. The summed E-state index contributed by atoms with van der Waals surface area (Å²) in [6.07, 6.45) is -3.58. The van der Waals surface area contributed by atoms with E-state index in [0.717, 1.165) is 28.5 Å². The number of nitrogens with zero attached hydrogens (tertiary/aromatic N) is 4. The fourth-order valence-electron chi connectivity index (χ4n) is 2.80. The predicted octanol–water partition coefficient (Wildman–Crippen LogP) is 5.83. The molecule has 0 aliphatic heterocycles. The van der Waals surface area contributed by atoms with E-state index >= 15 is 0 Å². The van der Waals surface area contributed by atoms with Gasteiger partial charge in [0.2, 0.25) is 0 Å². The molecule has 0 N–H and O–H groups in total. The van der Waals surface area contributed by atoms with Crippen molar-refractivity contribution in [3.05, 3.63) is 52.1 Å². The number of hydrogen-bond acceptors (Lipinski definition) is 7. The molecule has 0 aliphatic rings. The largest absolute Gasteiger partial charge is 0.497 e. The number of aromatic nitrogens is 4. The topological polar surface area (TPSA) is 61.5 Å². The number of fused-ring (bicyclic) bond motifs is 1. The van der Waals surface area contributed by atoms with Gasteiger partial charge in [0.05, 0.1) is 36.1 Å². The first-order chi connectivity index (χ1) is 14.8. The molecule has 0 unspecified atom stereocenters. The summed E-state index contributed by atoms with van der Waals surface area (Å²) in [4.78, 5) is 4.61. The van der Waals surface area contributed by atoms with Crippen LogP contribution >= 0.6 is 34.7 Å². The molecule has 12 heteroatoms. The van der Waals surface area contributed by atoms with Crippen LogP contribution in [0.25, 0.3) is 16.2 Å². The molecular weight excluding hydrogens is 473 g/mol. The average molecular weight is 487 g/mol. The highest BCUT2D eigenvalue weighted by Gasteiger charge is 2.32. The zero-order valence-electron chi connectivity index (χ0n) is 16.1. The first kappa shape index (κ1) is 21.7. The summed E-state index contributed by atoms with van der Waals surface area (Å²) in [6, 6.07) is 6.29. The molecule has 1 aromatic carbocycles. The maximum absolute atomic E-state index is 13.1. The van der Waals surface area contributed by atoms with Crippen LogP contribution in [0.4, 0.5) is 13.2 Å². The summed E-state index contributed by atoms with van der Waals surface area (Å²) in [6.45, 7) is 0. The highest BCUT2D eigenvalue weighted by Crippen LogP contribution is 2.37. The Morgan fingerprint density at radius 3 is 2.68 bits per heavy atom. The van der Waals surface area contributed by atoms with E-state index < -0.39 is 11.7 Å². The summed E-state index contributed by atoms with van der Waals surface area (Å²) in [5, 5.41) is 10.7. The molecule has 162 valence electrons. The second-order valence-corrected chi connectivity index (χ2v) is 8.46. The number of methoxy groups -OCH3 is 2. The van der Waals surface area contributed by atoms with Crippen molar-refractivity contribution in [3.8, 4) is 22.1 Å². The second kappa shape index (κ2) is 8.56. The molecule has 0 saturated heterocycles. The van der Waals surface area contributed by atoms with Gasteiger partial charge in [0.1, 0.15) is 16.5 Å². The molecule has 0 saturated carbocycles. The first-order valence-corrected chi connectivity index (χ1v) is 11.0. The fourth-order valence-corrected chi connectivity index (χ4v) is 4.80. The molecule has 0 fully saturated rings. The quantitative estimate of drug-likeness (QED) is 0.319. The Morgan fingerprint density at radius 2 is 1.97 bits per heavy atom. The number of alkyl halides is 3. The molecule has 31 heavy (non-hydrogen) atoms. The minimum atomic E-state index is -4.52. The van der Waals surface area contributed by atoms with Gasteiger partial charge < -0.3 is 9.47 Å². The number of rotatable bonds is 6. The zero-order valence-corrected chi connectivity index (χ0v) is 18.5. The highest BCUT2D eigenvalue weighted by molar-refractivity contribution is 7.98. The summed E-state index contributed by atoms with van der Waals surface area (Å²) in [5.41, 5.74) is 0.866. The van der Waals surface area contributed by atoms with Crippen LogP contribution in [0.5, 0.6) is 11.5 Å². The third kappa shape index (κ3) is 4.43. The highest BCUT2D eigenvalue weighted by atomic mass is 35.5. The zero-order chi connectivity index (χ0) is 22.2. The van der Waals surface area contributed by atoms with Gasteiger partial charge in [0, 0.05) is 23.4 Å². The number of thiazole rings is 1. The summed E-state index contributed by atoms with van der Waals surface area (Å²) >= 11 is 8.61. The lowest BCUT2D eigenvalue weighted by Crippen LogP contribution is -2.07. The van der Waals surface area contributed by atoms with E-state index in [1.165, 1.54) is 27.5 Å². The fraction of sp³-hybridized carbons (Fsp3) is 0.211. The molecule has 6 nitrogen and oxygen atoms in total. The van der Waals surface area contributed by atoms with Crippen LogP contribution in [0, 0.1) is 0 Å². The second-order valence-electron chi connectivity index (χ2n) is 6.25. The van der Waals surface area contributed by atoms with Crippen LogP contribution in [-0.2, 0) is 11.9 Å². The number of benzene rings is 1. The van der Waals surface area contributed by atoms with Crippen molar-refractivity contribution in [2.24, 2.45) is 0 Å². The van der Waals surface area contributed by atoms with Crippen molar-refractivity contribution >= 4 is 40.3 Å². The lowest BCUT2D eigenvalue weighted by Gasteiger charge is -2.08. The van der Waals surface area contributed by atoms with Gasteiger partial charge in [-0.2, -0.15) is 13.2 Å². The Bertz CT molecular complexity index is 1240. The molecule has 0 radical (unpaired) electrons. The van der Waals surface area contributed by atoms with Crippen LogP contribution in [0.3, 0.4) is 0 Å². The molecule has 3 aromatic heterocycles. The van der Waals surface area contributed by atoms with Crippen LogP contribution in [0.15, 0.2) is 41.0 Å². The van der Waals surface area contributed by atoms with E-state index in [0.29, 0.717) is 22.4 Å². The average Bonchev–Trinajstić information content (AvgIpc) is 3.38. The van der Waals surface area contributed by atoms with Crippen molar-refractivity contribution < 1.29 is 22.6 Å². The van der Waals surface area contributed by atoms with E-state index in [2.05, 4.69) is 15.2 Å². The molecule has 4 aromatic rings. The number of pyridine rings is 1. The van der Waals surface area contributed by atoms with Crippen molar-refractivity contribution in [1.29, 1.82) is 0 Å². The lowest BCUT2D eigenvalue weighted by molar-refractivity contribution is -0.137. The third-order valence-electron chi connectivity index (χ3n) is 4.30. The maximum Gasteiger partial charge on any atom is 0.417 e. The molecular formula is C19H14ClF3N4O2S2. The summed E-state index contributed by atoms with van der Waals surface area (Å²) in [7, 11) is 3.14. The lowest BCUT2D eigenvalue weighted by atomic mass is 10.2. The van der Waals surface area contributed by atoms with Gasteiger partial charge in [-0.15, -0.1) is 21.5 Å². The van der Waals surface area contributed by atoms with E-state index in [9.17, 15) is 13.2 Å². The molecule has 0 bridgehead atoms. The van der Waals surface area contributed by atoms with Gasteiger partial charge in [-0.3, -0.25) is 4.40 Å². The van der Waals surface area contributed by atoms with E-state index in [1.807, 2.05) is 17.5 Å². The molecule has 3 heterocycles. The van der Waals surface area contributed by atoms with E-state index in [4.69, 9.17) is 21.1 Å². The van der Waals surface area contributed by atoms with Crippen LogP contribution in [0.2, 0.25) is 5.02 Å². The summed E-state index contributed by atoms with van der Waals surface area (Å²) < 4.78 is 51.2. The first-order valence-electron chi connectivity index (χ1n) is 8.71. The van der Waals surface area contributed by atoms with Gasteiger partial charge >= 0.3 is 6.18 Å². The van der Waals surface area contributed by atoms with Crippen LogP contribution in [-0.4, -0.2) is 33.8 Å². The van der Waals surface area contributed by atoms with Gasteiger partial charge in [-0.25, -0.2) is 4.98 Å². The van der Waals surface area contributed by atoms with Crippen LogP contribution in [0.1, 0.15) is 11.3 Å². The number of halogens is 4. The van der Waals surface area contributed by atoms with Crippen molar-refractivity contribution in [1.82, 2.24) is 19.6 Å². The van der Waals surface area contributed by atoms with Crippen LogP contribution < -0.4 is 9.47 Å². The standard InChI is InChI=1S/C19H14ClF3N4O2S2/c1-28-12-3-4-13(15(6-12)29-2)17-24-11(8-30-17)9-31-18-26-25-16-14(20)5-10(7-27(16)18)19(21,22)23/h3-8H,9H2,1-2H3. The summed E-state index contributed by atoms with van der Waals surface area (Å²) in [5.74, 6) is 1.69. The number of thioether (sulfide) groups is 1. The normalized spacial score (nSPS) is 11.8.